The number of rotatable bonds is 6. The average molecular weight is 302 g/mol. The van der Waals surface area contributed by atoms with E-state index < -0.39 is 11.5 Å². The molecule has 1 aromatic carbocycles. The number of carboxylic acid groups (broad SMARTS) is 1. The third kappa shape index (κ3) is 3.79. The Morgan fingerprint density at radius 2 is 2.14 bits per heavy atom. The predicted octanol–water partition coefficient (Wildman–Crippen LogP) is 1.84. The van der Waals surface area contributed by atoms with Gasteiger partial charge in [0.25, 0.3) is 5.91 Å². The molecule has 2 rings (SSSR count). The second-order valence-corrected chi connectivity index (χ2v) is 5.43. The van der Waals surface area contributed by atoms with Crippen molar-refractivity contribution < 1.29 is 19.4 Å². The molecule has 0 aliphatic rings. The molecule has 0 aliphatic carbocycles. The van der Waals surface area contributed by atoms with E-state index >= 15 is 0 Å². The molecule has 1 unspecified atom stereocenters. The number of pyridine rings is 1. The Hall–Kier alpha value is -2.47. The summed E-state index contributed by atoms with van der Waals surface area (Å²) in [6.07, 6.45) is 1.46. The summed E-state index contributed by atoms with van der Waals surface area (Å²) in [4.78, 5) is 27.5. The molecule has 22 heavy (non-hydrogen) atoms. The van der Waals surface area contributed by atoms with E-state index in [1.54, 1.807) is 37.4 Å². The van der Waals surface area contributed by atoms with E-state index in [1.165, 1.54) is 7.11 Å². The molecule has 6 heteroatoms. The lowest BCUT2D eigenvalue weighted by Gasteiger charge is -2.28. The van der Waals surface area contributed by atoms with Gasteiger partial charge < -0.3 is 15.2 Å². The lowest BCUT2D eigenvalue weighted by Crippen LogP contribution is -2.50. The highest BCUT2D eigenvalue weighted by Gasteiger charge is 2.30. The first-order valence-corrected chi connectivity index (χ1v) is 6.81. The fourth-order valence-corrected chi connectivity index (χ4v) is 2.35. The third-order valence-electron chi connectivity index (χ3n) is 3.28. The first-order valence-electron chi connectivity index (χ1n) is 6.81. The quantitative estimate of drug-likeness (QED) is 0.850. The summed E-state index contributed by atoms with van der Waals surface area (Å²) >= 11 is 0. The maximum Gasteiger partial charge on any atom is 0.305 e. The number of hydrogen-bond donors (Lipinski definition) is 2. The average Bonchev–Trinajstić information content (AvgIpc) is 2.45. The van der Waals surface area contributed by atoms with Gasteiger partial charge >= 0.3 is 5.97 Å². The molecule has 1 amide bonds. The van der Waals surface area contributed by atoms with Crippen LogP contribution in [0.15, 0.2) is 36.5 Å². The monoisotopic (exact) mass is 302 g/mol. The van der Waals surface area contributed by atoms with Crippen molar-refractivity contribution in [2.45, 2.75) is 18.9 Å². The van der Waals surface area contributed by atoms with Crippen molar-refractivity contribution in [2.24, 2.45) is 0 Å². The number of fused-ring (bicyclic) bond motifs is 1. The molecule has 2 aromatic rings. The smallest absolute Gasteiger partial charge is 0.305 e. The highest BCUT2D eigenvalue weighted by atomic mass is 16.5. The Bertz CT molecular complexity index is 701. The topological polar surface area (TPSA) is 88.5 Å². The van der Waals surface area contributed by atoms with Gasteiger partial charge in [-0.1, -0.05) is 6.07 Å². The highest BCUT2D eigenvalue weighted by Crippen LogP contribution is 2.16. The maximum atomic E-state index is 12.4. The van der Waals surface area contributed by atoms with Gasteiger partial charge in [-0.25, -0.2) is 0 Å². The van der Waals surface area contributed by atoms with Gasteiger partial charge in [-0.2, -0.15) is 0 Å². The zero-order chi connectivity index (χ0) is 16.2. The number of hydrogen-bond acceptors (Lipinski definition) is 4. The van der Waals surface area contributed by atoms with Gasteiger partial charge in [-0.05, 0) is 31.2 Å². The number of nitrogens with one attached hydrogen (secondary N) is 1. The lowest BCUT2D eigenvalue weighted by atomic mass is 9.98. The number of nitrogens with zero attached hydrogens (tertiary/aromatic N) is 1. The second kappa shape index (κ2) is 6.53. The Labute approximate surface area is 128 Å². The van der Waals surface area contributed by atoms with Crippen LogP contribution in [0.1, 0.15) is 23.7 Å². The van der Waals surface area contributed by atoms with E-state index in [-0.39, 0.29) is 18.9 Å². The van der Waals surface area contributed by atoms with Crippen molar-refractivity contribution in [1.82, 2.24) is 10.3 Å². The summed E-state index contributed by atoms with van der Waals surface area (Å²) in [6, 6.07) is 8.81. The summed E-state index contributed by atoms with van der Waals surface area (Å²) < 4.78 is 5.03. The SMILES string of the molecule is COCC(C)(CC(=O)O)NC(=O)c1ccc2ncccc2c1. The number of benzene rings is 1. The summed E-state index contributed by atoms with van der Waals surface area (Å²) in [5, 5.41) is 12.6. The Balaban J connectivity index is 2.22. The number of amides is 1. The highest BCUT2D eigenvalue weighted by molar-refractivity contribution is 5.98. The van der Waals surface area contributed by atoms with Crippen molar-refractivity contribution in [3.05, 3.63) is 42.1 Å². The normalized spacial score (nSPS) is 13.5. The van der Waals surface area contributed by atoms with Crippen LogP contribution < -0.4 is 5.32 Å². The summed E-state index contributed by atoms with van der Waals surface area (Å²) in [5.41, 5.74) is 0.277. The van der Waals surface area contributed by atoms with Gasteiger partial charge in [0.15, 0.2) is 0 Å². The van der Waals surface area contributed by atoms with Crippen LogP contribution in [0.2, 0.25) is 0 Å². The molecule has 116 valence electrons. The Kier molecular flexibility index (Phi) is 4.72. The molecule has 0 radical (unpaired) electrons. The zero-order valence-corrected chi connectivity index (χ0v) is 12.5. The summed E-state index contributed by atoms with van der Waals surface area (Å²) in [7, 11) is 1.47. The van der Waals surface area contributed by atoms with E-state index in [2.05, 4.69) is 10.3 Å². The summed E-state index contributed by atoms with van der Waals surface area (Å²) in [5.74, 6) is -1.34. The first-order chi connectivity index (χ1) is 10.4. The number of methoxy groups -OCH3 is 1. The van der Waals surface area contributed by atoms with Crippen LogP contribution in [-0.4, -0.2) is 41.2 Å². The van der Waals surface area contributed by atoms with Crippen LogP contribution in [0.3, 0.4) is 0 Å². The zero-order valence-electron chi connectivity index (χ0n) is 12.5. The molecule has 1 atom stereocenters. The van der Waals surface area contributed by atoms with Crippen molar-refractivity contribution in [3.8, 4) is 0 Å². The minimum atomic E-state index is -0.998. The van der Waals surface area contributed by atoms with Crippen molar-refractivity contribution >= 4 is 22.8 Å². The molecule has 0 fully saturated rings. The molecule has 6 nitrogen and oxygen atoms in total. The van der Waals surface area contributed by atoms with Crippen molar-refractivity contribution in [1.29, 1.82) is 0 Å². The Morgan fingerprint density at radius 3 is 2.82 bits per heavy atom. The van der Waals surface area contributed by atoms with E-state index in [4.69, 9.17) is 9.84 Å². The van der Waals surface area contributed by atoms with Crippen LogP contribution in [0.4, 0.5) is 0 Å². The minimum Gasteiger partial charge on any atom is -0.481 e. The molecule has 0 saturated carbocycles. The van der Waals surface area contributed by atoms with Crippen LogP contribution in [0, 0.1) is 0 Å². The van der Waals surface area contributed by atoms with Crippen LogP contribution >= 0.6 is 0 Å². The Morgan fingerprint density at radius 1 is 1.36 bits per heavy atom. The number of aliphatic carboxylic acids is 1. The molecule has 2 N–H and O–H groups in total. The van der Waals surface area contributed by atoms with Gasteiger partial charge in [0, 0.05) is 24.3 Å². The number of ether oxygens (including phenoxy) is 1. The maximum absolute atomic E-state index is 12.4. The molecular formula is C16H18N2O4. The number of aromatic nitrogens is 1. The first kappa shape index (κ1) is 15.9. The molecule has 0 aliphatic heterocycles. The van der Waals surface area contributed by atoms with Gasteiger partial charge in [-0.3, -0.25) is 14.6 Å². The molecule has 1 heterocycles. The molecule has 1 aromatic heterocycles. The van der Waals surface area contributed by atoms with Crippen LogP contribution in [-0.2, 0) is 9.53 Å². The fourth-order valence-electron chi connectivity index (χ4n) is 2.35. The van der Waals surface area contributed by atoms with Crippen molar-refractivity contribution in [2.75, 3.05) is 13.7 Å². The lowest BCUT2D eigenvalue weighted by molar-refractivity contribution is -0.139. The molecule has 0 bridgehead atoms. The standard InChI is InChI=1S/C16H18N2O4/c1-16(10-22-2,9-14(19)20)18-15(21)12-5-6-13-11(8-12)4-3-7-17-13/h3-8H,9-10H2,1-2H3,(H,18,21)(H,19,20). The van der Waals surface area contributed by atoms with Gasteiger partial charge in [-0.15, -0.1) is 0 Å². The number of carboxylic acids is 1. The van der Waals surface area contributed by atoms with E-state index in [9.17, 15) is 9.59 Å². The van der Waals surface area contributed by atoms with E-state index in [0.29, 0.717) is 5.56 Å². The van der Waals surface area contributed by atoms with Gasteiger partial charge in [0.1, 0.15) is 0 Å². The van der Waals surface area contributed by atoms with E-state index in [0.717, 1.165) is 10.9 Å². The minimum absolute atomic E-state index is 0.111. The van der Waals surface area contributed by atoms with Gasteiger partial charge in [0.05, 0.1) is 24.1 Å². The third-order valence-corrected chi connectivity index (χ3v) is 3.28. The van der Waals surface area contributed by atoms with Crippen molar-refractivity contribution in [3.63, 3.8) is 0 Å². The molecular weight excluding hydrogens is 284 g/mol. The predicted molar refractivity (Wildman–Crippen MR) is 81.7 cm³/mol. The molecule has 0 saturated heterocycles. The van der Waals surface area contributed by atoms with Crippen LogP contribution in [0.5, 0.6) is 0 Å². The number of carbonyl (C=O) groups excluding carboxylic acids is 1. The van der Waals surface area contributed by atoms with Gasteiger partial charge in [0.2, 0.25) is 0 Å². The second-order valence-electron chi connectivity index (χ2n) is 5.43. The summed E-state index contributed by atoms with van der Waals surface area (Å²) in [6.45, 7) is 1.76. The van der Waals surface area contributed by atoms with E-state index in [1.807, 2.05) is 6.07 Å². The molecule has 0 spiro atoms. The number of carbonyl (C=O) groups is 2. The largest absolute Gasteiger partial charge is 0.481 e. The fraction of sp³-hybridized carbons (Fsp3) is 0.312. The van der Waals surface area contributed by atoms with Crippen LogP contribution in [0.25, 0.3) is 10.9 Å².